The van der Waals surface area contributed by atoms with Crippen LogP contribution in [0.2, 0.25) is 0 Å². The van der Waals surface area contributed by atoms with E-state index in [1.54, 1.807) is 36.8 Å². The molecule has 0 fully saturated rings. The second kappa shape index (κ2) is 9.50. The minimum atomic E-state index is -0.190. The summed E-state index contributed by atoms with van der Waals surface area (Å²) in [6.07, 6.45) is 5.21. The number of benzene rings is 1. The van der Waals surface area contributed by atoms with Crippen LogP contribution in [0.5, 0.6) is 11.5 Å². The molecule has 0 bridgehead atoms. The van der Waals surface area contributed by atoms with Gasteiger partial charge in [0.05, 0.1) is 18.9 Å². The Morgan fingerprint density at radius 1 is 1.00 bits per heavy atom. The van der Waals surface area contributed by atoms with Gasteiger partial charge in [-0.3, -0.25) is 14.8 Å². The molecule has 6 heteroatoms. The average molecular weight is 377 g/mol. The maximum atomic E-state index is 12.7. The van der Waals surface area contributed by atoms with Crippen LogP contribution in [-0.4, -0.2) is 29.1 Å². The zero-order valence-electron chi connectivity index (χ0n) is 16.0. The van der Waals surface area contributed by atoms with E-state index in [0.717, 1.165) is 16.8 Å². The highest BCUT2D eigenvalue weighted by atomic mass is 16.5. The second-order valence-electron chi connectivity index (χ2n) is 5.96. The SMILES string of the molecule is CCOc1ccc(C(=O)NCc2cccnc2-c2cccnc2)cc1OCC. The van der Waals surface area contributed by atoms with E-state index in [9.17, 15) is 4.79 Å². The predicted octanol–water partition coefficient (Wildman–Crippen LogP) is 3.87. The molecule has 6 nitrogen and oxygen atoms in total. The van der Waals surface area contributed by atoms with Crippen LogP contribution in [0.1, 0.15) is 29.8 Å². The molecule has 2 heterocycles. The van der Waals surface area contributed by atoms with Gasteiger partial charge >= 0.3 is 0 Å². The molecule has 0 saturated heterocycles. The molecule has 1 amide bonds. The van der Waals surface area contributed by atoms with Crippen LogP contribution in [0.15, 0.2) is 61.1 Å². The monoisotopic (exact) mass is 377 g/mol. The summed E-state index contributed by atoms with van der Waals surface area (Å²) in [6, 6.07) is 12.8. The quantitative estimate of drug-likeness (QED) is 0.645. The smallest absolute Gasteiger partial charge is 0.251 e. The fraction of sp³-hybridized carbons (Fsp3) is 0.227. The number of nitrogens with one attached hydrogen (secondary N) is 1. The summed E-state index contributed by atoms with van der Waals surface area (Å²) in [6.45, 7) is 5.18. The van der Waals surface area contributed by atoms with Crippen molar-refractivity contribution in [2.24, 2.45) is 0 Å². The lowest BCUT2D eigenvalue weighted by Crippen LogP contribution is -2.23. The largest absolute Gasteiger partial charge is 0.490 e. The van der Waals surface area contributed by atoms with Crippen LogP contribution in [-0.2, 0) is 6.54 Å². The van der Waals surface area contributed by atoms with Crippen molar-refractivity contribution in [2.75, 3.05) is 13.2 Å². The number of nitrogens with zero attached hydrogens (tertiary/aromatic N) is 2. The lowest BCUT2D eigenvalue weighted by Gasteiger charge is -2.13. The van der Waals surface area contributed by atoms with Crippen molar-refractivity contribution in [1.29, 1.82) is 0 Å². The van der Waals surface area contributed by atoms with Gasteiger partial charge in [-0.1, -0.05) is 6.07 Å². The van der Waals surface area contributed by atoms with E-state index in [2.05, 4.69) is 15.3 Å². The Morgan fingerprint density at radius 2 is 1.79 bits per heavy atom. The van der Waals surface area contributed by atoms with Gasteiger partial charge in [-0.2, -0.15) is 0 Å². The molecule has 144 valence electrons. The molecular weight excluding hydrogens is 354 g/mol. The molecule has 0 atom stereocenters. The highest BCUT2D eigenvalue weighted by Crippen LogP contribution is 2.28. The topological polar surface area (TPSA) is 73.3 Å². The van der Waals surface area contributed by atoms with Gasteiger partial charge in [0.25, 0.3) is 5.91 Å². The van der Waals surface area contributed by atoms with Crippen molar-refractivity contribution in [3.8, 4) is 22.8 Å². The summed E-state index contributed by atoms with van der Waals surface area (Å²) < 4.78 is 11.1. The van der Waals surface area contributed by atoms with Crippen molar-refractivity contribution >= 4 is 5.91 Å². The van der Waals surface area contributed by atoms with Gasteiger partial charge in [0.15, 0.2) is 11.5 Å². The highest BCUT2D eigenvalue weighted by molar-refractivity contribution is 5.95. The van der Waals surface area contributed by atoms with Gasteiger partial charge in [-0.15, -0.1) is 0 Å². The number of hydrogen-bond acceptors (Lipinski definition) is 5. The first-order valence-electron chi connectivity index (χ1n) is 9.25. The molecule has 0 unspecified atom stereocenters. The van der Waals surface area contributed by atoms with Gasteiger partial charge in [0.2, 0.25) is 0 Å². The van der Waals surface area contributed by atoms with Crippen LogP contribution in [0.4, 0.5) is 0 Å². The van der Waals surface area contributed by atoms with E-state index in [0.29, 0.717) is 36.8 Å². The molecule has 28 heavy (non-hydrogen) atoms. The van der Waals surface area contributed by atoms with Crippen LogP contribution in [0.25, 0.3) is 11.3 Å². The van der Waals surface area contributed by atoms with Crippen LogP contribution >= 0.6 is 0 Å². The Bertz CT molecular complexity index is 929. The molecule has 0 aliphatic heterocycles. The number of carbonyl (C=O) groups excluding carboxylic acids is 1. The minimum Gasteiger partial charge on any atom is -0.490 e. The number of amides is 1. The normalized spacial score (nSPS) is 10.4. The molecule has 1 N–H and O–H groups in total. The third-order valence-corrected chi connectivity index (χ3v) is 4.07. The molecule has 0 aliphatic carbocycles. The third-order valence-electron chi connectivity index (χ3n) is 4.07. The van der Waals surface area contributed by atoms with Crippen LogP contribution in [0, 0.1) is 0 Å². The van der Waals surface area contributed by atoms with Crippen molar-refractivity contribution in [3.63, 3.8) is 0 Å². The standard InChI is InChI=1S/C22H23N3O3/c1-3-27-19-10-9-16(13-20(19)28-4-2)22(26)25-15-18-8-6-12-24-21(18)17-7-5-11-23-14-17/h5-14H,3-4,15H2,1-2H3,(H,25,26). The molecule has 0 spiro atoms. The van der Waals surface area contributed by atoms with E-state index >= 15 is 0 Å². The van der Waals surface area contributed by atoms with Crippen molar-refractivity contribution < 1.29 is 14.3 Å². The van der Waals surface area contributed by atoms with Gasteiger partial charge in [-0.05, 0) is 55.8 Å². The Labute approximate surface area is 164 Å². The molecule has 1 aromatic carbocycles. The minimum absolute atomic E-state index is 0.190. The van der Waals surface area contributed by atoms with E-state index in [-0.39, 0.29) is 5.91 Å². The lowest BCUT2D eigenvalue weighted by atomic mass is 10.1. The number of carbonyl (C=O) groups is 1. The zero-order valence-corrected chi connectivity index (χ0v) is 16.0. The second-order valence-corrected chi connectivity index (χ2v) is 5.96. The Hall–Kier alpha value is -3.41. The number of pyridine rings is 2. The summed E-state index contributed by atoms with van der Waals surface area (Å²) in [4.78, 5) is 21.2. The van der Waals surface area contributed by atoms with Crippen molar-refractivity contribution in [2.45, 2.75) is 20.4 Å². The summed E-state index contributed by atoms with van der Waals surface area (Å²) in [7, 11) is 0. The number of hydrogen-bond donors (Lipinski definition) is 1. The molecular formula is C22H23N3O3. The maximum absolute atomic E-state index is 12.7. The van der Waals surface area contributed by atoms with Crippen molar-refractivity contribution in [1.82, 2.24) is 15.3 Å². The Balaban J connectivity index is 1.75. The van der Waals surface area contributed by atoms with Crippen LogP contribution < -0.4 is 14.8 Å². The van der Waals surface area contributed by atoms with Gasteiger partial charge < -0.3 is 14.8 Å². The Kier molecular flexibility index (Phi) is 6.57. The first-order chi connectivity index (χ1) is 13.7. The number of rotatable bonds is 8. The van der Waals surface area contributed by atoms with Gasteiger partial charge in [0, 0.05) is 36.3 Å². The van der Waals surface area contributed by atoms with E-state index < -0.39 is 0 Å². The van der Waals surface area contributed by atoms with Crippen molar-refractivity contribution in [3.05, 3.63) is 72.2 Å². The van der Waals surface area contributed by atoms with Crippen LogP contribution in [0.3, 0.4) is 0 Å². The first-order valence-corrected chi connectivity index (χ1v) is 9.25. The maximum Gasteiger partial charge on any atom is 0.251 e. The molecule has 0 aliphatic rings. The lowest BCUT2D eigenvalue weighted by molar-refractivity contribution is 0.0950. The summed E-state index contributed by atoms with van der Waals surface area (Å²) in [5.74, 6) is 1.01. The number of aromatic nitrogens is 2. The fourth-order valence-corrected chi connectivity index (χ4v) is 2.81. The molecule has 0 saturated carbocycles. The molecule has 3 aromatic rings. The molecule has 0 radical (unpaired) electrons. The van der Waals surface area contributed by atoms with E-state index in [1.807, 2.05) is 38.1 Å². The first kappa shape index (κ1) is 19.4. The zero-order chi connectivity index (χ0) is 19.8. The highest BCUT2D eigenvalue weighted by Gasteiger charge is 2.13. The summed E-state index contributed by atoms with van der Waals surface area (Å²) in [5, 5.41) is 2.95. The van der Waals surface area contributed by atoms with Gasteiger partial charge in [0.1, 0.15) is 0 Å². The van der Waals surface area contributed by atoms with E-state index in [4.69, 9.17) is 9.47 Å². The molecule has 3 rings (SSSR count). The number of ether oxygens (including phenoxy) is 2. The molecule has 2 aromatic heterocycles. The Morgan fingerprint density at radius 3 is 2.54 bits per heavy atom. The van der Waals surface area contributed by atoms with E-state index in [1.165, 1.54) is 0 Å². The fourth-order valence-electron chi connectivity index (χ4n) is 2.81. The average Bonchev–Trinajstić information content (AvgIpc) is 2.74. The predicted molar refractivity (Wildman–Crippen MR) is 107 cm³/mol. The summed E-state index contributed by atoms with van der Waals surface area (Å²) in [5.41, 5.74) is 3.14. The third kappa shape index (κ3) is 4.65. The summed E-state index contributed by atoms with van der Waals surface area (Å²) >= 11 is 0. The van der Waals surface area contributed by atoms with Gasteiger partial charge in [-0.25, -0.2) is 0 Å².